The molecule has 0 spiro atoms. The van der Waals surface area contributed by atoms with E-state index in [-0.39, 0.29) is 13.0 Å². The first-order valence-corrected chi connectivity index (χ1v) is 6.58. The zero-order valence-electron chi connectivity index (χ0n) is 13.4. The number of aliphatic carboxylic acids is 1. The number of carbonyl (C=O) groups excluding carboxylic acids is 1. The first-order valence-electron chi connectivity index (χ1n) is 6.58. The summed E-state index contributed by atoms with van der Waals surface area (Å²) in [6, 6.07) is -1.30. The summed E-state index contributed by atoms with van der Waals surface area (Å²) >= 11 is 0. The average Bonchev–Trinajstić information content (AvgIpc) is 2.23. The van der Waals surface area contributed by atoms with Gasteiger partial charge in [-0.05, 0) is 6.92 Å². The molecule has 0 aliphatic rings. The van der Waals surface area contributed by atoms with Crippen LogP contribution in [0.15, 0.2) is 0 Å². The number of carbonyl (C=O) groups is 1. The lowest BCUT2D eigenvalue weighted by molar-refractivity contribution is -0.873. The molecule has 10 heteroatoms. The van der Waals surface area contributed by atoms with Gasteiger partial charge < -0.3 is 51.4 Å². The minimum absolute atomic E-state index is 0.260. The summed E-state index contributed by atoms with van der Waals surface area (Å²) in [6.45, 7) is 0.972. The Morgan fingerprint density at radius 1 is 1.23 bits per heavy atom. The molecular weight excluding hydrogens is 298 g/mol. The predicted octanol–water partition coefficient (Wildman–Crippen LogP) is -5.15. The Morgan fingerprint density at radius 3 is 1.82 bits per heavy atom. The largest absolute Gasteiger partial charge is 0.550 e. The van der Waals surface area contributed by atoms with E-state index in [1.165, 1.54) is 0 Å². The van der Waals surface area contributed by atoms with Crippen molar-refractivity contribution in [3.05, 3.63) is 0 Å². The van der Waals surface area contributed by atoms with Crippen molar-refractivity contribution >= 4 is 5.97 Å². The van der Waals surface area contributed by atoms with E-state index in [1.54, 1.807) is 0 Å². The van der Waals surface area contributed by atoms with Crippen molar-refractivity contribution in [1.82, 2.24) is 0 Å². The fourth-order valence-corrected chi connectivity index (χ4v) is 1.40. The van der Waals surface area contributed by atoms with Gasteiger partial charge in [-0.1, -0.05) is 0 Å². The summed E-state index contributed by atoms with van der Waals surface area (Å²) < 4.78 is 0.550. The van der Waals surface area contributed by atoms with Gasteiger partial charge >= 0.3 is 0 Å². The van der Waals surface area contributed by atoms with E-state index in [0.29, 0.717) is 11.0 Å². The van der Waals surface area contributed by atoms with E-state index >= 15 is 0 Å². The third kappa shape index (κ3) is 9.97. The number of carboxylic acids is 1. The van der Waals surface area contributed by atoms with E-state index in [4.69, 9.17) is 37.0 Å². The van der Waals surface area contributed by atoms with E-state index in [1.807, 2.05) is 21.1 Å². The van der Waals surface area contributed by atoms with Crippen LogP contribution in [0.25, 0.3) is 0 Å². The van der Waals surface area contributed by atoms with Gasteiger partial charge in [0.15, 0.2) is 0 Å². The van der Waals surface area contributed by atoms with E-state index < -0.39 is 29.7 Å². The summed E-state index contributed by atoms with van der Waals surface area (Å²) in [6.07, 6.45) is -1.09. The molecule has 0 amide bonds. The summed E-state index contributed by atoms with van der Waals surface area (Å²) in [5, 5.41) is 54.6. The molecule has 0 fully saturated rings. The lowest BCUT2D eigenvalue weighted by atomic mass is 10.00. The maximum absolute atomic E-state index is 10.0. The van der Waals surface area contributed by atoms with Crippen LogP contribution in [-0.2, 0) is 4.79 Å². The SMILES string of the molecule is CC(O)(O)C(O)(O)C(N)CN.C[N+](C)(C)CC(O)CC(=O)[O-]. The van der Waals surface area contributed by atoms with Crippen molar-refractivity contribution in [2.45, 2.75) is 37.1 Å². The molecule has 0 aromatic carbocycles. The third-order valence-corrected chi connectivity index (χ3v) is 2.63. The van der Waals surface area contributed by atoms with Gasteiger partial charge in [0.05, 0.1) is 27.2 Å². The molecule has 0 rings (SSSR count). The molecule has 0 saturated heterocycles. The predicted molar refractivity (Wildman–Crippen MR) is 75.6 cm³/mol. The molecule has 0 saturated carbocycles. The highest BCUT2D eigenvalue weighted by Gasteiger charge is 2.47. The number of likely N-dealkylation sites (N-methyl/N-ethyl adjacent to an activating group) is 1. The number of aliphatic hydroxyl groups is 5. The van der Waals surface area contributed by atoms with Crippen molar-refractivity contribution in [3.63, 3.8) is 0 Å². The summed E-state index contributed by atoms with van der Waals surface area (Å²) in [5.41, 5.74) is 10.1. The van der Waals surface area contributed by atoms with Crippen molar-refractivity contribution in [1.29, 1.82) is 0 Å². The molecule has 2 atom stereocenters. The van der Waals surface area contributed by atoms with Crippen molar-refractivity contribution < 1.29 is 39.9 Å². The molecule has 9 N–H and O–H groups in total. The summed E-state index contributed by atoms with van der Waals surface area (Å²) in [4.78, 5) is 10.0. The smallest absolute Gasteiger partial charge is 0.235 e. The maximum atomic E-state index is 10.0. The zero-order valence-corrected chi connectivity index (χ0v) is 13.4. The Hall–Kier alpha value is -0.850. The monoisotopic (exact) mass is 327 g/mol. The van der Waals surface area contributed by atoms with Crippen LogP contribution >= 0.6 is 0 Å². The molecule has 2 unspecified atom stereocenters. The van der Waals surface area contributed by atoms with Gasteiger partial charge in [0, 0.05) is 18.9 Å². The molecule has 0 heterocycles. The highest BCUT2D eigenvalue weighted by molar-refractivity contribution is 5.64. The first-order chi connectivity index (χ1) is 9.54. The van der Waals surface area contributed by atoms with E-state index in [0.717, 1.165) is 6.92 Å². The second kappa shape index (κ2) is 8.70. The van der Waals surface area contributed by atoms with Gasteiger partial charge in [-0.2, -0.15) is 0 Å². The van der Waals surface area contributed by atoms with Gasteiger partial charge in [-0.15, -0.1) is 0 Å². The van der Waals surface area contributed by atoms with Crippen LogP contribution in [0.4, 0.5) is 0 Å². The minimum atomic E-state index is -2.79. The summed E-state index contributed by atoms with van der Waals surface area (Å²) in [7, 11) is 5.66. The number of hydrogen-bond donors (Lipinski definition) is 7. The van der Waals surface area contributed by atoms with Crippen LogP contribution in [0.3, 0.4) is 0 Å². The zero-order chi connectivity index (χ0) is 18.4. The second-order valence-corrected chi connectivity index (χ2v) is 6.29. The molecule has 0 radical (unpaired) electrons. The Kier molecular flexibility index (Phi) is 9.26. The molecule has 22 heavy (non-hydrogen) atoms. The fourth-order valence-electron chi connectivity index (χ4n) is 1.40. The molecule has 0 aliphatic carbocycles. The Balaban J connectivity index is 0. The Labute approximate surface area is 129 Å². The number of rotatable bonds is 7. The van der Waals surface area contributed by atoms with Gasteiger partial charge in [0.2, 0.25) is 11.6 Å². The quantitative estimate of drug-likeness (QED) is 0.177. The Bertz CT molecular complexity index is 337. The first kappa shape index (κ1) is 23.4. The van der Waals surface area contributed by atoms with Crippen LogP contribution in [0.5, 0.6) is 0 Å². The number of hydrogen-bond acceptors (Lipinski definition) is 9. The van der Waals surface area contributed by atoms with E-state index in [2.05, 4.69) is 0 Å². The van der Waals surface area contributed by atoms with Gasteiger partial charge in [0.25, 0.3) is 0 Å². The molecule has 0 bridgehead atoms. The van der Waals surface area contributed by atoms with Gasteiger partial charge in [-0.25, -0.2) is 0 Å². The standard InChI is InChI=1S/C7H15NO3.C5H14N2O4/c1-8(2,3)5-6(9)4-7(10)11;1-4(8,9)5(10,11)3(7)2-6/h6,9H,4-5H2,1-3H3;3,8-11H,2,6-7H2,1H3. The Morgan fingerprint density at radius 2 is 1.64 bits per heavy atom. The number of carboxylic acid groups (broad SMARTS) is 1. The van der Waals surface area contributed by atoms with Crippen molar-refractivity contribution in [2.75, 3.05) is 34.2 Å². The second-order valence-electron chi connectivity index (χ2n) is 6.29. The maximum Gasteiger partial charge on any atom is 0.235 e. The normalized spacial score (nSPS) is 15.6. The topological polar surface area (TPSA) is 193 Å². The third-order valence-electron chi connectivity index (χ3n) is 2.63. The van der Waals surface area contributed by atoms with Crippen LogP contribution in [0.1, 0.15) is 13.3 Å². The number of nitrogens with zero attached hydrogens (tertiary/aromatic N) is 1. The van der Waals surface area contributed by atoms with Crippen LogP contribution in [0.2, 0.25) is 0 Å². The number of nitrogens with two attached hydrogens (primary N) is 2. The number of aliphatic hydroxyl groups excluding tert-OH is 1. The summed E-state index contributed by atoms with van der Waals surface area (Å²) in [5.74, 6) is -6.67. The lowest BCUT2D eigenvalue weighted by Crippen LogP contribution is -2.64. The van der Waals surface area contributed by atoms with Gasteiger partial charge in [-0.3, -0.25) is 0 Å². The van der Waals surface area contributed by atoms with E-state index in [9.17, 15) is 9.90 Å². The molecule has 10 nitrogen and oxygen atoms in total. The molecule has 0 aromatic heterocycles. The van der Waals surface area contributed by atoms with Crippen molar-refractivity contribution in [2.24, 2.45) is 11.5 Å². The lowest BCUT2D eigenvalue weighted by Gasteiger charge is -2.35. The number of quaternary nitrogens is 1. The van der Waals surface area contributed by atoms with Crippen LogP contribution in [0, 0.1) is 0 Å². The molecular formula is C12H29N3O7. The molecule has 0 aromatic rings. The molecule has 0 aliphatic heterocycles. The highest BCUT2D eigenvalue weighted by Crippen LogP contribution is 2.18. The van der Waals surface area contributed by atoms with Gasteiger partial charge in [0.1, 0.15) is 12.6 Å². The van der Waals surface area contributed by atoms with Crippen LogP contribution in [-0.4, -0.2) is 93.9 Å². The van der Waals surface area contributed by atoms with Crippen LogP contribution < -0.4 is 16.6 Å². The van der Waals surface area contributed by atoms with Crippen molar-refractivity contribution in [3.8, 4) is 0 Å². The highest BCUT2D eigenvalue weighted by atomic mass is 16.6. The minimum Gasteiger partial charge on any atom is -0.550 e. The molecule has 134 valence electrons. The fraction of sp³-hybridized carbons (Fsp3) is 0.917. The average molecular weight is 327 g/mol.